The first-order valence-corrected chi connectivity index (χ1v) is 17.7. The van der Waals surface area contributed by atoms with Crippen LogP contribution in [0.2, 0.25) is 0 Å². The molecular weight excluding hydrogens is 586 g/mol. The highest BCUT2D eigenvalue weighted by Gasteiger charge is 2.77. The molecule has 45 heavy (non-hydrogen) atoms. The molecule has 3 aliphatic heterocycles. The van der Waals surface area contributed by atoms with Gasteiger partial charge in [-0.3, -0.25) is 14.4 Å². The number of amides is 2. The summed E-state index contributed by atoms with van der Waals surface area (Å²) in [4.78, 5) is 49.0. The monoisotopic (exact) mass is 639 g/mol. The predicted octanol–water partition coefficient (Wildman–Crippen LogP) is 5.70. The fourth-order valence-corrected chi connectivity index (χ4v) is 10.3. The zero-order valence-corrected chi connectivity index (χ0v) is 28.6. The van der Waals surface area contributed by atoms with E-state index in [1.165, 1.54) is 0 Å². The largest absolute Gasteiger partial charge is 0.465 e. The lowest BCUT2D eigenvalue weighted by molar-refractivity contribution is -0.155. The zero-order chi connectivity index (χ0) is 32.9. The normalized spacial score (nSPS) is 28.0. The van der Waals surface area contributed by atoms with Crippen molar-refractivity contribution in [3.05, 3.63) is 49.6 Å². The third kappa shape index (κ3) is 6.31. The number of anilines is 2. The van der Waals surface area contributed by atoms with Crippen LogP contribution in [0.5, 0.6) is 0 Å². The molecule has 3 aliphatic rings. The number of ether oxygens (including phenoxy) is 1. The van der Waals surface area contributed by atoms with Crippen molar-refractivity contribution in [1.29, 1.82) is 0 Å². The molecule has 8 nitrogen and oxygen atoms in total. The van der Waals surface area contributed by atoms with Gasteiger partial charge in [-0.1, -0.05) is 39.3 Å². The fourth-order valence-electron chi connectivity index (χ4n) is 7.87. The van der Waals surface area contributed by atoms with Gasteiger partial charge in [-0.05, 0) is 75.6 Å². The number of hydrogen-bond donors (Lipinski definition) is 1. The van der Waals surface area contributed by atoms with E-state index in [1.54, 1.807) is 27.6 Å². The first-order valence-electron chi connectivity index (χ1n) is 16.8. The van der Waals surface area contributed by atoms with E-state index in [-0.39, 0.29) is 48.0 Å². The van der Waals surface area contributed by atoms with E-state index in [0.717, 1.165) is 56.6 Å². The molecule has 3 fully saturated rings. The van der Waals surface area contributed by atoms with Crippen molar-refractivity contribution in [3.63, 3.8) is 0 Å². The molecule has 1 aromatic carbocycles. The summed E-state index contributed by atoms with van der Waals surface area (Å²) in [5, 5.41) is 10.6. The molecule has 8 atom stereocenters. The Morgan fingerprint density at radius 1 is 1.13 bits per heavy atom. The van der Waals surface area contributed by atoms with Gasteiger partial charge in [-0.25, -0.2) is 0 Å². The highest BCUT2D eigenvalue weighted by atomic mass is 32.2. The fraction of sp³-hybridized carbons (Fsp3) is 0.639. The van der Waals surface area contributed by atoms with Gasteiger partial charge < -0.3 is 24.5 Å². The number of hydrogen-bond acceptors (Lipinski definition) is 7. The van der Waals surface area contributed by atoms with E-state index in [2.05, 4.69) is 38.8 Å². The Bertz CT molecular complexity index is 1220. The number of carbonyl (C=O) groups is 3. The minimum Gasteiger partial charge on any atom is -0.465 e. The topological polar surface area (TPSA) is 90.4 Å². The molecule has 248 valence electrons. The number of aliphatic hydroxyl groups excluding tert-OH is 1. The molecule has 0 aromatic heterocycles. The maximum absolute atomic E-state index is 15.0. The van der Waals surface area contributed by atoms with Gasteiger partial charge >= 0.3 is 5.97 Å². The smallest absolute Gasteiger partial charge is 0.310 e. The van der Waals surface area contributed by atoms with Gasteiger partial charge in [0.15, 0.2) is 0 Å². The molecule has 0 radical (unpaired) electrons. The third-order valence-corrected chi connectivity index (χ3v) is 12.5. The molecule has 1 N–H and O–H groups in total. The van der Waals surface area contributed by atoms with Crippen LogP contribution in [0.25, 0.3) is 0 Å². The highest BCUT2D eigenvalue weighted by molar-refractivity contribution is 8.02. The number of carbonyl (C=O) groups excluding carboxylic acids is 3. The molecule has 3 saturated heterocycles. The number of likely N-dealkylation sites (tertiary alicyclic amines) is 1. The molecular formula is C36H53N3O5S. The van der Waals surface area contributed by atoms with E-state index in [1.807, 2.05) is 44.2 Å². The number of allylic oxidation sites excluding steroid dienone is 1. The van der Waals surface area contributed by atoms with Crippen LogP contribution >= 0.6 is 11.8 Å². The summed E-state index contributed by atoms with van der Waals surface area (Å²) in [7, 11) is 0. The quantitative estimate of drug-likeness (QED) is 0.133. The Kier molecular flexibility index (Phi) is 11.9. The van der Waals surface area contributed by atoms with Crippen LogP contribution in [0.15, 0.2) is 49.6 Å². The number of unbranched alkanes of at least 4 members (excludes halogenated alkanes) is 2. The molecule has 3 heterocycles. The maximum atomic E-state index is 15.0. The first kappa shape index (κ1) is 35.1. The summed E-state index contributed by atoms with van der Waals surface area (Å²) < 4.78 is 4.99. The second-order valence-corrected chi connectivity index (χ2v) is 14.4. The van der Waals surface area contributed by atoms with Crippen molar-refractivity contribution in [1.82, 2.24) is 4.90 Å². The van der Waals surface area contributed by atoms with Gasteiger partial charge in [0, 0.05) is 36.3 Å². The molecule has 0 aliphatic carbocycles. The van der Waals surface area contributed by atoms with Crippen LogP contribution in [-0.4, -0.2) is 82.7 Å². The van der Waals surface area contributed by atoms with E-state index in [4.69, 9.17) is 4.74 Å². The van der Waals surface area contributed by atoms with Crippen LogP contribution in [-0.2, 0) is 19.1 Å². The number of fused-ring (bicyclic) bond motifs is 1. The molecule has 4 rings (SSSR count). The van der Waals surface area contributed by atoms with E-state index in [9.17, 15) is 14.7 Å². The minimum atomic E-state index is -0.834. The predicted molar refractivity (Wildman–Crippen MR) is 183 cm³/mol. The molecule has 0 saturated carbocycles. The summed E-state index contributed by atoms with van der Waals surface area (Å²) in [6, 6.07) is 6.59. The molecule has 2 amide bonds. The van der Waals surface area contributed by atoms with Crippen molar-refractivity contribution in [2.45, 2.75) is 88.8 Å². The number of rotatable bonds is 17. The lowest BCUT2D eigenvalue weighted by atomic mass is 9.66. The lowest BCUT2D eigenvalue weighted by Gasteiger charge is -2.43. The second-order valence-electron chi connectivity index (χ2n) is 12.8. The average molecular weight is 640 g/mol. The van der Waals surface area contributed by atoms with Crippen molar-refractivity contribution in [3.8, 4) is 0 Å². The van der Waals surface area contributed by atoms with Crippen LogP contribution < -0.4 is 9.80 Å². The van der Waals surface area contributed by atoms with Crippen molar-refractivity contribution >= 4 is 40.9 Å². The third-order valence-electron chi connectivity index (χ3n) is 10.4. The van der Waals surface area contributed by atoms with Gasteiger partial charge in [0.25, 0.3) is 5.91 Å². The minimum absolute atomic E-state index is 0.0175. The van der Waals surface area contributed by atoms with E-state index < -0.39 is 28.7 Å². The summed E-state index contributed by atoms with van der Waals surface area (Å²) in [6.07, 6.45) is 7.51. The van der Waals surface area contributed by atoms with Gasteiger partial charge in [0.05, 0.1) is 35.8 Å². The first-order chi connectivity index (χ1) is 21.7. The zero-order valence-electron chi connectivity index (χ0n) is 27.8. The second kappa shape index (κ2) is 15.2. The van der Waals surface area contributed by atoms with Crippen LogP contribution in [0.3, 0.4) is 0 Å². The standard InChI is InChI=1S/C36H53N3O5S/c1-8-13-14-15-21-44-35(43)30-29-22-25(7)36(45-29)31(30)33(41)39(28(23-40)24(6)10-3)32(36)34(42)38(20-9-2)27-18-16-26(17-19-27)37(11-4)12-5/h8-9,16-19,24-25,28-32,40H,1-2,10-15,20-23H2,3-7H3/t24-,25?,28-,29+,30-,31-,32?,36?/m0/s1. The summed E-state index contributed by atoms with van der Waals surface area (Å²) in [5.41, 5.74) is 1.81. The van der Waals surface area contributed by atoms with Gasteiger partial charge in [0.1, 0.15) is 6.04 Å². The molecule has 3 unspecified atom stereocenters. The Morgan fingerprint density at radius 3 is 2.38 bits per heavy atom. The summed E-state index contributed by atoms with van der Waals surface area (Å²) in [5.74, 6) is -2.07. The van der Waals surface area contributed by atoms with Crippen molar-refractivity contribution in [2.24, 2.45) is 23.7 Å². The lowest BCUT2D eigenvalue weighted by Crippen LogP contribution is -2.60. The highest BCUT2D eigenvalue weighted by Crippen LogP contribution is 2.69. The number of aliphatic hydroxyl groups is 1. The van der Waals surface area contributed by atoms with Crippen molar-refractivity contribution in [2.75, 3.05) is 42.6 Å². The SMILES string of the molecule is C=CCCCCOC(=O)[C@@H]1[C@H]2C(=O)N([C@@H](CO)[C@@H](C)CC)C(C(=O)N(CC=C)c3ccc(N(CC)CC)cc3)C23S[C@@H]1CC3C. The van der Waals surface area contributed by atoms with Crippen molar-refractivity contribution < 1.29 is 24.2 Å². The Hall–Kier alpha value is -2.78. The number of nitrogens with zero attached hydrogens (tertiary/aromatic N) is 3. The van der Waals surface area contributed by atoms with Gasteiger partial charge in [-0.15, -0.1) is 24.9 Å². The van der Waals surface area contributed by atoms with Crippen LogP contribution in [0.1, 0.15) is 66.7 Å². The average Bonchev–Trinajstić information content (AvgIpc) is 3.64. The van der Waals surface area contributed by atoms with E-state index in [0.29, 0.717) is 6.61 Å². The Balaban J connectivity index is 1.76. The molecule has 9 heteroatoms. The van der Waals surface area contributed by atoms with Gasteiger partial charge in [0.2, 0.25) is 5.91 Å². The van der Waals surface area contributed by atoms with Gasteiger partial charge in [-0.2, -0.15) is 0 Å². The number of thioether (sulfide) groups is 1. The van der Waals surface area contributed by atoms with E-state index >= 15 is 4.79 Å². The molecule has 1 aromatic rings. The number of esters is 1. The Labute approximate surface area is 274 Å². The summed E-state index contributed by atoms with van der Waals surface area (Å²) >= 11 is 1.64. The van der Waals surface area contributed by atoms with Crippen LogP contribution in [0.4, 0.5) is 11.4 Å². The molecule has 1 spiro atoms. The number of benzene rings is 1. The Morgan fingerprint density at radius 2 is 1.80 bits per heavy atom. The van der Waals surface area contributed by atoms with Crippen LogP contribution in [0, 0.1) is 23.7 Å². The summed E-state index contributed by atoms with van der Waals surface area (Å²) in [6.45, 7) is 20.2. The maximum Gasteiger partial charge on any atom is 0.310 e. The molecule has 2 bridgehead atoms.